The lowest BCUT2D eigenvalue weighted by molar-refractivity contribution is 0.591. The fourth-order valence-electron chi connectivity index (χ4n) is 1.46. The van der Waals surface area contributed by atoms with Gasteiger partial charge in [0.05, 0.1) is 5.52 Å². The zero-order chi connectivity index (χ0) is 10.8. The summed E-state index contributed by atoms with van der Waals surface area (Å²) in [6.45, 7) is 1.37. The van der Waals surface area contributed by atoms with Crippen molar-refractivity contribution in [2.45, 2.75) is 13.0 Å². The molecule has 1 aromatic carbocycles. The van der Waals surface area contributed by atoms with Gasteiger partial charge in [-0.05, 0) is 31.2 Å². The summed E-state index contributed by atoms with van der Waals surface area (Å²) in [6, 6.07) is 5.49. The summed E-state index contributed by atoms with van der Waals surface area (Å²) in [5.41, 5.74) is 6.30. The third kappa shape index (κ3) is 2.09. The molecule has 0 unspecified atom stereocenters. The van der Waals surface area contributed by atoms with Crippen LogP contribution in [0.5, 0.6) is 0 Å². The van der Waals surface area contributed by atoms with Crippen LogP contribution in [-0.4, -0.2) is 16.3 Å². The standard InChI is InChI=1S/C10H11Cl2N3/c11-7-2-3-9-8(6-7)10(12)15(14-9)5-1-4-13/h2-3,6H,1,4-5,13H2. The highest BCUT2D eigenvalue weighted by atomic mass is 35.5. The van der Waals surface area contributed by atoms with Crippen LogP contribution in [-0.2, 0) is 6.54 Å². The summed E-state index contributed by atoms with van der Waals surface area (Å²) in [7, 11) is 0. The van der Waals surface area contributed by atoms with Gasteiger partial charge in [-0.1, -0.05) is 23.2 Å². The Labute approximate surface area is 97.8 Å². The van der Waals surface area contributed by atoms with Gasteiger partial charge in [0.1, 0.15) is 5.15 Å². The average Bonchev–Trinajstić information content (AvgIpc) is 2.53. The summed E-state index contributed by atoms with van der Waals surface area (Å²) in [6.07, 6.45) is 0.863. The van der Waals surface area contributed by atoms with E-state index in [1.807, 2.05) is 12.1 Å². The molecule has 0 aliphatic heterocycles. The molecule has 0 aliphatic carbocycles. The van der Waals surface area contributed by atoms with Crippen LogP contribution in [0, 0.1) is 0 Å². The summed E-state index contributed by atoms with van der Waals surface area (Å²) >= 11 is 12.1. The Hall–Kier alpha value is -0.770. The lowest BCUT2D eigenvalue weighted by Gasteiger charge is -1.99. The Bertz CT molecular complexity index is 479. The molecule has 2 N–H and O–H groups in total. The molecule has 0 saturated carbocycles. The Morgan fingerprint density at radius 2 is 2.13 bits per heavy atom. The fourth-order valence-corrected chi connectivity index (χ4v) is 1.91. The van der Waals surface area contributed by atoms with Crippen LogP contribution in [0.2, 0.25) is 10.2 Å². The van der Waals surface area contributed by atoms with Gasteiger partial charge < -0.3 is 5.73 Å². The van der Waals surface area contributed by atoms with Crippen LogP contribution in [0.3, 0.4) is 0 Å². The van der Waals surface area contributed by atoms with Gasteiger partial charge in [-0.15, -0.1) is 0 Å². The van der Waals surface area contributed by atoms with Gasteiger partial charge in [0.2, 0.25) is 0 Å². The van der Waals surface area contributed by atoms with Gasteiger partial charge in [0.25, 0.3) is 0 Å². The lowest BCUT2D eigenvalue weighted by atomic mass is 10.3. The van der Waals surface area contributed by atoms with E-state index in [0.717, 1.165) is 23.9 Å². The molecule has 0 amide bonds. The second-order valence-electron chi connectivity index (χ2n) is 3.32. The molecule has 80 valence electrons. The first-order valence-corrected chi connectivity index (χ1v) is 5.49. The highest BCUT2D eigenvalue weighted by Gasteiger charge is 2.08. The van der Waals surface area contributed by atoms with Gasteiger partial charge in [0.15, 0.2) is 0 Å². The van der Waals surface area contributed by atoms with Crippen molar-refractivity contribution in [1.29, 1.82) is 0 Å². The van der Waals surface area contributed by atoms with Crippen LogP contribution in [0.25, 0.3) is 10.9 Å². The SMILES string of the molecule is NCCCn1nc2ccc(Cl)cc2c1Cl. The van der Waals surface area contributed by atoms with E-state index in [4.69, 9.17) is 28.9 Å². The van der Waals surface area contributed by atoms with Gasteiger partial charge in [-0.25, -0.2) is 0 Å². The average molecular weight is 244 g/mol. The molecular weight excluding hydrogens is 233 g/mol. The van der Waals surface area contributed by atoms with Crippen molar-refractivity contribution >= 4 is 34.1 Å². The van der Waals surface area contributed by atoms with E-state index in [1.54, 1.807) is 10.7 Å². The molecule has 1 aromatic heterocycles. The summed E-state index contributed by atoms with van der Waals surface area (Å²) < 4.78 is 1.76. The molecule has 0 radical (unpaired) electrons. The number of halogens is 2. The molecule has 0 spiro atoms. The van der Waals surface area contributed by atoms with Crippen LogP contribution in [0.4, 0.5) is 0 Å². The van der Waals surface area contributed by atoms with E-state index in [1.165, 1.54) is 0 Å². The number of aromatic nitrogens is 2. The molecule has 0 bridgehead atoms. The number of fused-ring (bicyclic) bond motifs is 1. The summed E-state index contributed by atoms with van der Waals surface area (Å²) in [5.74, 6) is 0. The maximum absolute atomic E-state index is 6.17. The van der Waals surface area contributed by atoms with Crippen molar-refractivity contribution < 1.29 is 0 Å². The number of aryl methyl sites for hydroxylation is 1. The largest absolute Gasteiger partial charge is 0.330 e. The number of nitrogens with two attached hydrogens (primary N) is 1. The first kappa shape index (κ1) is 10.7. The van der Waals surface area contributed by atoms with Gasteiger partial charge in [-0.2, -0.15) is 5.10 Å². The van der Waals surface area contributed by atoms with Gasteiger partial charge >= 0.3 is 0 Å². The second kappa shape index (κ2) is 4.39. The van der Waals surface area contributed by atoms with Crippen molar-refractivity contribution in [2.75, 3.05) is 6.54 Å². The van der Waals surface area contributed by atoms with E-state index in [-0.39, 0.29) is 0 Å². The second-order valence-corrected chi connectivity index (χ2v) is 4.11. The molecular formula is C10H11Cl2N3. The molecule has 0 aliphatic rings. The van der Waals surface area contributed by atoms with Crippen LogP contribution >= 0.6 is 23.2 Å². The Kier molecular flexibility index (Phi) is 3.14. The normalized spacial score (nSPS) is 11.1. The Morgan fingerprint density at radius 1 is 1.33 bits per heavy atom. The third-order valence-electron chi connectivity index (χ3n) is 2.21. The van der Waals surface area contributed by atoms with Crippen molar-refractivity contribution in [1.82, 2.24) is 9.78 Å². The maximum Gasteiger partial charge on any atom is 0.134 e. The quantitative estimate of drug-likeness (QED) is 0.901. The van der Waals surface area contributed by atoms with E-state index in [9.17, 15) is 0 Å². The number of nitrogens with zero attached hydrogens (tertiary/aromatic N) is 2. The minimum absolute atomic E-state index is 0.626. The smallest absolute Gasteiger partial charge is 0.134 e. The van der Waals surface area contributed by atoms with Gasteiger partial charge in [-0.3, -0.25) is 4.68 Å². The van der Waals surface area contributed by atoms with E-state index in [0.29, 0.717) is 16.7 Å². The number of hydrogen-bond donors (Lipinski definition) is 1. The van der Waals surface area contributed by atoms with Crippen molar-refractivity contribution in [3.05, 3.63) is 28.4 Å². The zero-order valence-electron chi connectivity index (χ0n) is 8.08. The topological polar surface area (TPSA) is 43.8 Å². The molecule has 2 aromatic rings. The van der Waals surface area contributed by atoms with Crippen molar-refractivity contribution in [3.63, 3.8) is 0 Å². The highest BCUT2D eigenvalue weighted by Crippen LogP contribution is 2.26. The van der Waals surface area contributed by atoms with Crippen LogP contribution < -0.4 is 5.73 Å². The number of rotatable bonds is 3. The molecule has 0 atom stereocenters. The van der Waals surface area contributed by atoms with Gasteiger partial charge in [0, 0.05) is 17.0 Å². The van der Waals surface area contributed by atoms with E-state index < -0.39 is 0 Å². The Balaban J connectivity index is 2.45. The number of benzene rings is 1. The maximum atomic E-state index is 6.17. The molecule has 2 rings (SSSR count). The summed E-state index contributed by atoms with van der Waals surface area (Å²) in [4.78, 5) is 0. The van der Waals surface area contributed by atoms with Crippen LogP contribution in [0.1, 0.15) is 6.42 Å². The number of hydrogen-bond acceptors (Lipinski definition) is 2. The Morgan fingerprint density at radius 3 is 2.87 bits per heavy atom. The zero-order valence-corrected chi connectivity index (χ0v) is 9.59. The van der Waals surface area contributed by atoms with E-state index >= 15 is 0 Å². The lowest BCUT2D eigenvalue weighted by Crippen LogP contribution is -2.06. The third-order valence-corrected chi connectivity index (χ3v) is 2.84. The first-order chi connectivity index (χ1) is 7.22. The fraction of sp³-hybridized carbons (Fsp3) is 0.300. The predicted octanol–water partition coefficient (Wildman–Crippen LogP) is 2.69. The molecule has 15 heavy (non-hydrogen) atoms. The molecule has 1 heterocycles. The monoisotopic (exact) mass is 243 g/mol. The van der Waals surface area contributed by atoms with Crippen molar-refractivity contribution in [3.8, 4) is 0 Å². The minimum Gasteiger partial charge on any atom is -0.330 e. The van der Waals surface area contributed by atoms with Crippen LogP contribution in [0.15, 0.2) is 18.2 Å². The minimum atomic E-state index is 0.626. The summed E-state index contributed by atoms with van der Waals surface area (Å²) in [5, 5.41) is 6.55. The highest BCUT2D eigenvalue weighted by molar-refractivity contribution is 6.36. The molecule has 5 heteroatoms. The first-order valence-electron chi connectivity index (χ1n) is 4.74. The van der Waals surface area contributed by atoms with Crippen molar-refractivity contribution in [2.24, 2.45) is 5.73 Å². The van der Waals surface area contributed by atoms with E-state index in [2.05, 4.69) is 5.10 Å². The molecule has 3 nitrogen and oxygen atoms in total. The predicted molar refractivity (Wildman–Crippen MR) is 63.4 cm³/mol. The molecule has 0 saturated heterocycles. The molecule has 0 fully saturated rings.